The van der Waals surface area contributed by atoms with E-state index in [1.807, 2.05) is 24.3 Å². The number of benzene rings is 1. The molecule has 0 amide bonds. The third kappa shape index (κ3) is 4.51. The number of guanidine groups is 1. The Morgan fingerprint density at radius 3 is 2.91 bits per heavy atom. The van der Waals surface area contributed by atoms with E-state index in [0.29, 0.717) is 6.54 Å². The minimum atomic E-state index is 0.159. The average Bonchev–Trinajstić information content (AvgIpc) is 2.53. The summed E-state index contributed by atoms with van der Waals surface area (Å²) in [5, 5.41) is 4.50. The molecule has 0 fully saturated rings. The minimum Gasteiger partial charge on any atom is -0.497 e. The van der Waals surface area contributed by atoms with E-state index in [0.717, 1.165) is 48.1 Å². The summed E-state index contributed by atoms with van der Waals surface area (Å²) in [4.78, 5) is 8.41. The van der Waals surface area contributed by atoms with Crippen molar-refractivity contribution in [2.45, 2.75) is 19.3 Å². The lowest BCUT2D eigenvalue weighted by molar-refractivity contribution is 0.415. The van der Waals surface area contributed by atoms with Crippen molar-refractivity contribution < 1.29 is 4.74 Å². The zero-order valence-electron chi connectivity index (χ0n) is 12.9. The molecule has 0 saturated carbocycles. The molecule has 118 valence electrons. The number of fused-ring (bicyclic) bond motifs is 1. The van der Waals surface area contributed by atoms with Gasteiger partial charge in [-0.3, -0.25) is 9.98 Å². The van der Waals surface area contributed by atoms with E-state index >= 15 is 0 Å². The smallest absolute Gasteiger partial charge is 0.185 e. The Hall–Kier alpha value is -2.50. The summed E-state index contributed by atoms with van der Waals surface area (Å²) in [6.45, 7) is 1.56. The van der Waals surface area contributed by atoms with E-state index in [1.54, 1.807) is 13.3 Å². The highest BCUT2D eigenvalue weighted by Gasteiger charge is 2.05. The number of methoxy groups -OCH3 is 1. The highest BCUT2D eigenvalue weighted by molar-refractivity contribution is 5.91. The summed E-state index contributed by atoms with van der Waals surface area (Å²) in [5.74, 6) is 0.989. The number of nitrogens with zero attached hydrogens (tertiary/aromatic N) is 2. The Balaban J connectivity index is 1.90. The molecule has 2 rings (SSSR count). The molecule has 0 spiro atoms. The van der Waals surface area contributed by atoms with Crippen LogP contribution in [-0.2, 0) is 0 Å². The van der Waals surface area contributed by atoms with Gasteiger partial charge in [0, 0.05) is 30.7 Å². The van der Waals surface area contributed by atoms with Crippen molar-refractivity contribution in [3.8, 4) is 5.75 Å². The van der Waals surface area contributed by atoms with E-state index in [1.165, 1.54) is 0 Å². The SMILES string of the molecule is COc1cc(NCCCCCN=C(N)N)c2ncccc2c1. The third-order valence-corrected chi connectivity index (χ3v) is 3.36. The van der Waals surface area contributed by atoms with E-state index in [4.69, 9.17) is 16.2 Å². The van der Waals surface area contributed by atoms with Gasteiger partial charge in [-0.2, -0.15) is 0 Å². The fourth-order valence-electron chi connectivity index (χ4n) is 2.26. The molecule has 6 nitrogen and oxygen atoms in total. The molecule has 2 aromatic rings. The van der Waals surface area contributed by atoms with Gasteiger partial charge in [-0.15, -0.1) is 0 Å². The Kier molecular flexibility index (Phi) is 5.82. The van der Waals surface area contributed by atoms with Gasteiger partial charge in [-0.05, 0) is 31.4 Å². The van der Waals surface area contributed by atoms with Crippen molar-refractivity contribution in [2.24, 2.45) is 16.5 Å². The van der Waals surface area contributed by atoms with Gasteiger partial charge in [-0.1, -0.05) is 6.07 Å². The van der Waals surface area contributed by atoms with Crippen LogP contribution in [0.2, 0.25) is 0 Å². The Bertz CT molecular complexity index is 637. The number of anilines is 1. The van der Waals surface area contributed by atoms with Crippen LogP contribution in [0.3, 0.4) is 0 Å². The number of pyridine rings is 1. The first-order valence-electron chi connectivity index (χ1n) is 7.42. The van der Waals surface area contributed by atoms with Crippen LogP contribution in [0.5, 0.6) is 5.75 Å². The zero-order valence-corrected chi connectivity index (χ0v) is 12.9. The van der Waals surface area contributed by atoms with E-state index < -0.39 is 0 Å². The number of rotatable bonds is 8. The maximum Gasteiger partial charge on any atom is 0.185 e. The Morgan fingerprint density at radius 2 is 2.14 bits per heavy atom. The van der Waals surface area contributed by atoms with Crippen molar-refractivity contribution in [2.75, 3.05) is 25.5 Å². The number of ether oxygens (including phenoxy) is 1. The summed E-state index contributed by atoms with van der Waals surface area (Å²) in [6.07, 6.45) is 4.90. The number of nitrogens with one attached hydrogen (secondary N) is 1. The molecule has 0 atom stereocenters. The van der Waals surface area contributed by atoms with Crippen LogP contribution in [0.25, 0.3) is 10.9 Å². The lowest BCUT2D eigenvalue weighted by Gasteiger charge is -2.11. The molecule has 1 aromatic heterocycles. The van der Waals surface area contributed by atoms with Crippen LogP contribution in [0.15, 0.2) is 35.5 Å². The molecule has 22 heavy (non-hydrogen) atoms. The second-order valence-corrected chi connectivity index (χ2v) is 5.04. The fraction of sp³-hybridized carbons (Fsp3) is 0.375. The molecule has 0 aliphatic carbocycles. The van der Waals surface area contributed by atoms with Crippen LogP contribution in [0, 0.1) is 0 Å². The first-order chi connectivity index (χ1) is 10.7. The van der Waals surface area contributed by atoms with Crippen LogP contribution in [-0.4, -0.2) is 31.1 Å². The highest BCUT2D eigenvalue weighted by atomic mass is 16.5. The Labute approximate surface area is 130 Å². The first-order valence-corrected chi connectivity index (χ1v) is 7.42. The molecule has 0 aliphatic rings. The standard InChI is InChI=1S/C16H23N5O/c1-22-13-10-12-6-5-9-20-15(12)14(11-13)19-7-3-2-4-8-21-16(17)18/h5-6,9-11,19H,2-4,7-8H2,1H3,(H4,17,18,21). The second kappa shape index (κ2) is 8.07. The maximum atomic E-state index is 5.34. The van der Waals surface area contributed by atoms with Crippen molar-refractivity contribution in [3.63, 3.8) is 0 Å². The lowest BCUT2D eigenvalue weighted by atomic mass is 10.1. The Morgan fingerprint density at radius 1 is 1.27 bits per heavy atom. The summed E-state index contributed by atoms with van der Waals surface area (Å²) < 4.78 is 5.34. The molecular weight excluding hydrogens is 278 g/mol. The van der Waals surface area contributed by atoms with Crippen LogP contribution in [0.4, 0.5) is 5.69 Å². The van der Waals surface area contributed by atoms with E-state index in [-0.39, 0.29) is 5.96 Å². The molecule has 0 aliphatic heterocycles. The molecule has 0 unspecified atom stereocenters. The number of unbranched alkanes of at least 4 members (excludes halogenated alkanes) is 2. The molecule has 6 heteroatoms. The van der Waals surface area contributed by atoms with E-state index in [2.05, 4.69) is 15.3 Å². The molecule has 1 heterocycles. The van der Waals surface area contributed by atoms with Gasteiger partial charge in [0.15, 0.2) is 5.96 Å². The van der Waals surface area contributed by atoms with Gasteiger partial charge in [0.1, 0.15) is 5.75 Å². The van der Waals surface area contributed by atoms with Gasteiger partial charge >= 0.3 is 0 Å². The summed E-state index contributed by atoms with van der Waals surface area (Å²) in [6, 6.07) is 7.93. The number of hydrogen-bond donors (Lipinski definition) is 3. The zero-order chi connectivity index (χ0) is 15.8. The van der Waals surface area contributed by atoms with Crippen molar-refractivity contribution in [1.82, 2.24) is 4.98 Å². The monoisotopic (exact) mass is 301 g/mol. The van der Waals surface area contributed by atoms with E-state index in [9.17, 15) is 0 Å². The number of nitrogens with two attached hydrogens (primary N) is 2. The molecule has 5 N–H and O–H groups in total. The third-order valence-electron chi connectivity index (χ3n) is 3.36. The summed E-state index contributed by atoms with van der Waals surface area (Å²) in [5.41, 5.74) is 12.5. The number of aliphatic imine (C=N–C) groups is 1. The van der Waals surface area contributed by atoms with Gasteiger partial charge in [0.25, 0.3) is 0 Å². The average molecular weight is 301 g/mol. The fourth-order valence-corrected chi connectivity index (χ4v) is 2.26. The van der Waals surface area contributed by atoms with Crippen LogP contribution in [0.1, 0.15) is 19.3 Å². The van der Waals surface area contributed by atoms with Crippen LogP contribution < -0.4 is 21.5 Å². The van der Waals surface area contributed by atoms with Crippen LogP contribution >= 0.6 is 0 Å². The molecule has 0 radical (unpaired) electrons. The molecule has 0 bridgehead atoms. The predicted octanol–water partition coefficient (Wildman–Crippen LogP) is 2.10. The minimum absolute atomic E-state index is 0.159. The van der Waals surface area contributed by atoms with Crippen molar-refractivity contribution in [3.05, 3.63) is 30.5 Å². The lowest BCUT2D eigenvalue weighted by Crippen LogP contribution is -2.22. The first kappa shape index (κ1) is 15.9. The largest absolute Gasteiger partial charge is 0.497 e. The topological polar surface area (TPSA) is 98.5 Å². The highest BCUT2D eigenvalue weighted by Crippen LogP contribution is 2.27. The van der Waals surface area contributed by atoms with Gasteiger partial charge in [-0.25, -0.2) is 0 Å². The normalized spacial score (nSPS) is 10.4. The summed E-state index contributed by atoms with van der Waals surface area (Å²) in [7, 11) is 1.67. The number of aromatic nitrogens is 1. The summed E-state index contributed by atoms with van der Waals surface area (Å²) >= 11 is 0. The quantitative estimate of drug-likeness (QED) is 0.394. The molecule has 1 aromatic carbocycles. The van der Waals surface area contributed by atoms with Crippen molar-refractivity contribution >= 4 is 22.5 Å². The second-order valence-electron chi connectivity index (χ2n) is 5.04. The predicted molar refractivity (Wildman–Crippen MR) is 91.3 cm³/mol. The van der Waals surface area contributed by atoms with Gasteiger partial charge < -0.3 is 21.5 Å². The molecule has 0 saturated heterocycles. The maximum absolute atomic E-state index is 5.34. The molecular formula is C16H23N5O. The van der Waals surface area contributed by atoms with Gasteiger partial charge in [0.2, 0.25) is 0 Å². The van der Waals surface area contributed by atoms with Crippen molar-refractivity contribution in [1.29, 1.82) is 0 Å². The van der Waals surface area contributed by atoms with Gasteiger partial charge in [0.05, 0.1) is 18.3 Å². The number of hydrogen-bond acceptors (Lipinski definition) is 4.